The Labute approximate surface area is 165 Å². The SMILES string of the molecule is Cc1cc(C)cc(NC(N)=NCC(=O)Nc2ccc(F)c(F)c2F)c1.I. The summed E-state index contributed by atoms with van der Waals surface area (Å²) in [4.78, 5) is 15.6. The number of nitrogens with zero attached hydrogens (tertiary/aromatic N) is 1. The first-order valence-electron chi connectivity index (χ1n) is 7.35. The molecular weight excluding hydrogens is 460 g/mol. The molecule has 0 heterocycles. The summed E-state index contributed by atoms with van der Waals surface area (Å²) in [6.45, 7) is 3.44. The number of anilines is 2. The molecule has 0 fully saturated rings. The molecule has 0 atom stereocenters. The van der Waals surface area contributed by atoms with Crippen molar-refractivity contribution in [3.8, 4) is 0 Å². The topological polar surface area (TPSA) is 79.5 Å². The quantitative estimate of drug-likeness (QED) is 0.272. The van der Waals surface area contributed by atoms with Crippen molar-refractivity contribution >= 4 is 47.2 Å². The van der Waals surface area contributed by atoms with Gasteiger partial charge in [-0.3, -0.25) is 4.79 Å². The van der Waals surface area contributed by atoms with Gasteiger partial charge in [0.15, 0.2) is 23.4 Å². The number of amides is 1. The van der Waals surface area contributed by atoms with E-state index in [1.54, 1.807) is 0 Å². The van der Waals surface area contributed by atoms with Gasteiger partial charge in [-0.05, 0) is 49.2 Å². The zero-order valence-corrected chi connectivity index (χ0v) is 16.4. The molecule has 26 heavy (non-hydrogen) atoms. The zero-order chi connectivity index (χ0) is 18.6. The Kier molecular flexibility index (Phi) is 7.87. The summed E-state index contributed by atoms with van der Waals surface area (Å²) in [5.74, 6) is -5.20. The molecule has 0 aromatic heterocycles. The normalized spacial score (nSPS) is 10.9. The summed E-state index contributed by atoms with van der Waals surface area (Å²) >= 11 is 0. The summed E-state index contributed by atoms with van der Waals surface area (Å²) in [7, 11) is 0. The Balaban J connectivity index is 0.00000338. The largest absolute Gasteiger partial charge is 0.370 e. The number of nitrogens with one attached hydrogen (secondary N) is 2. The van der Waals surface area contributed by atoms with Gasteiger partial charge in [0.25, 0.3) is 0 Å². The maximum atomic E-state index is 13.5. The van der Waals surface area contributed by atoms with Crippen molar-refractivity contribution in [2.45, 2.75) is 13.8 Å². The fourth-order valence-electron chi connectivity index (χ4n) is 2.20. The number of nitrogens with two attached hydrogens (primary N) is 1. The van der Waals surface area contributed by atoms with Crippen molar-refractivity contribution in [1.29, 1.82) is 0 Å². The fraction of sp³-hybridized carbons (Fsp3) is 0.176. The van der Waals surface area contributed by atoms with Crippen LogP contribution in [0.4, 0.5) is 24.5 Å². The van der Waals surface area contributed by atoms with Crippen LogP contribution < -0.4 is 16.4 Å². The van der Waals surface area contributed by atoms with E-state index in [0.29, 0.717) is 11.8 Å². The summed E-state index contributed by atoms with van der Waals surface area (Å²) in [6, 6.07) is 7.33. The Morgan fingerprint density at radius 2 is 1.65 bits per heavy atom. The third-order valence-corrected chi connectivity index (χ3v) is 3.20. The van der Waals surface area contributed by atoms with Crippen LogP contribution in [0.5, 0.6) is 0 Å². The molecule has 0 aliphatic carbocycles. The Morgan fingerprint density at radius 3 is 2.27 bits per heavy atom. The molecule has 0 radical (unpaired) electrons. The van der Waals surface area contributed by atoms with Crippen molar-refractivity contribution in [1.82, 2.24) is 0 Å². The summed E-state index contributed by atoms with van der Waals surface area (Å²) < 4.78 is 39.4. The van der Waals surface area contributed by atoms with Gasteiger partial charge >= 0.3 is 0 Å². The predicted molar refractivity (Wildman–Crippen MR) is 106 cm³/mol. The van der Waals surface area contributed by atoms with Gasteiger partial charge in [-0.1, -0.05) is 6.07 Å². The minimum Gasteiger partial charge on any atom is -0.370 e. The van der Waals surface area contributed by atoms with Crippen molar-refractivity contribution in [3.05, 3.63) is 58.9 Å². The zero-order valence-electron chi connectivity index (χ0n) is 14.1. The maximum Gasteiger partial charge on any atom is 0.246 e. The number of rotatable bonds is 4. The predicted octanol–water partition coefficient (Wildman–Crippen LogP) is 3.70. The number of guanidine groups is 1. The van der Waals surface area contributed by atoms with Crippen molar-refractivity contribution < 1.29 is 18.0 Å². The lowest BCUT2D eigenvalue weighted by Crippen LogP contribution is -2.25. The maximum absolute atomic E-state index is 13.5. The molecule has 0 unspecified atom stereocenters. The molecule has 0 aliphatic heterocycles. The third-order valence-electron chi connectivity index (χ3n) is 3.20. The molecule has 2 aromatic rings. The van der Waals surface area contributed by atoms with E-state index in [9.17, 15) is 18.0 Å². The van der Waals surface area contributed by atoms with Crippen LogP contribution in [-0.4, -0.2) is 18.4 Å². The highest BCUT2D eigenvalue weighted by Crippen LogP contribution is 2.19. The monoisotopic (exact) mass is 478 g/mol. The van der Waals surface area contributed by atoms with E-state index in [1.807, 2.05) is 32.0 Å². The number of carbonyl (C=O) groups excluding carboxylic acids is 1. The van der Waals surface area contributed by atoms with Gasteiger partial charge in [0.05, 0.1) is 5.69 Å². The van der Waals surface area contributed by atoms with E-state index < -0.39 is 35.6 Å². The highest BCUT2D eigenvalue weighted by Gasteiger charge is 2.15. The van der Waals surface area contributed by atoms with E-state index >= 15 is 0 Å². The Morgan fingerprint density at radius 1 is 1.04 bits per heavy atom. The lowest BCUT2D eigenvalue weighted by atomic mass is 10.1. The summed E-state index contributed by atoms with van der Waals surface area (Å²) in [6.07, 6.45) is 0. The minimum absolute atomic E-state index is 0. The molecule has 4 N–H and O–H groups in total. The lowest BCUT2D eigenvalue weighted by molar-refractivity contribution is -0.114. The second kappa shape index (κ2) is 9.41. The fourth-order valence-corrected chi connectivity index (χ4v) is 2.20. The highest BCUT2D eigenvalue weighted by atomic mass is 127. The van der Waals surface area contributed by atoms with Crippen LogP contribution in [0, 0.1) is 31.3 Å². The van der Waals surface area contributed by atoms with Gasteiger partial charge in [0.1, 0.15) is 6.54 Å². The molecule has 0 spiro atoms. The molecule has 2 aromatic carbocycles. The molecule has 1 amide bonds. The van der Waals surface area contributed by atoms with E-state index in [-0.39, 0.29) is 29.9 Å². The van der Waals surface area contributed by atoms with Crippen LogP contribution >= 0.6 is 24.0 Å². The van der Waals surface area contributed by atoms with E-state index in [4.69, 9.17) is 5.73 Å². The summed E-state index contributed by atoms with van der Waals surface area (Å²) in [5.41, 5.74) is 8.00. The van der Waals surface area contributed by atoms with Crippen molar-refractivity contribution in [3.63, 3.8) is 0 Å². The number of aliphatic imine (C=N–C) groups is 1. The second-order valence-electron chi connectivity index (χ2n) is 5.47. The third kappa shape index (κ3) is 5.90. The molecular formula is C17H18F3IN4O. The molecule has 140 valence electrons. The van der Waals surface area contributed by atoms with Gasteiger partial charge in [0.2, 0.25) is 5.91 Å². The molecule has 9 heteroatoms. The summed E-state index contributed by atoms with van der Waals surface area (Å²) in [5, 5.41) is 4.94. The van der Waals surface area contributed by atoms with Crippen LogP contribution in [0.15, 0.2) is 35.3 Å². The molecule has 0 saturated carbocycles. The second-order valence-corrected chi connectivity index (χ2v) is 5.47. The number of hydrogen-bond donors (Lipinski definition) is 3. The number of carbonyl (C=O) groups is 1. The molecule has 5 nitrogen and oxygen atoms in total. The van der Waals surface area contributed by atoms with E-state index in [1.165, 1.54) is 0 Å². The Bertz CT molecular complexity index is 823. The van der Waals surface area contributed by atoms with Gasteiger partial charge in [-0.2, -0.15) is 0 Å². The average Bonchev–Trinajstić information content (AvgIpc) is 2.52. The molecule has 2 rings (SSSR count). The van der Waals surface area contributed by atoms with Crippen LogP contribution in [0.2, 0.25) is 0 Å². The van der Waals surface area contributed by atoms with Gasteiger partial charge in [-0.15, -0.1) is 24.0 Å². The van der Waals surface area contributed by atoms with Crippen molar-refractivity contribution in [2.24, 2.45) is 10.7 Å². The molecule has 0 aliphatic rings. The van der Waals surface area contributed by atoms with Gasteiger partial charge in [-0.25, -0.2) is 18.2 Å². The number of halogens is 4. The first-order valence-corrected chi connectivity index (χ1v) is 7.35. The van der Waals surface area contributed by atoms with Gasteiger partial charge < -0.3 is 16.4 Å². The van der Waals surface area contributed by atoms with E-state index in [2.05, 4.69) is 15.6 Å². The average molecular weight is 478 g/mol. The van der Waals surface area contributed by atoms with Crippen LogP contribution in [0.3, 0.4) is 0 Å². The van der Waals surface area contributed by atoms with Gasteiger partial charge in [0, 0.05) is 5.69 Å². The van der Waals surface area contributed by atoms with Crippen molar-refractivity contribution in [2.75, 3.05) is 17.2 Å². The number of benzene rings is 2. The minimum atomic E-state index is -1.66. The first kappa shape index (κ1) is 21.7. The highest BCUT2D eigenvalue weighted by molar-refractivity contribution is 14.0. The molecule has 0 bridgehead atoms. The van der Waals surface area contributed by atoms with E-state index in [0.717, 1.165) is 17.2 Å². The van der Waals surface area contributed by atoms with Crippen LogP contribution in [-0.2, 0) is 4.79 Å². The standard InChI is InChI=1S/C17H17F3N4O.HI/c1-9-5-10(2)7-11(6-9)23-17(21)22-8-14(25)24-13-4-3-12(18)15(19)16(13)20;/h3-7H,8H2,1-2H3,(H,24,25)(H3,21,22,23);1H. The smallest absolute Gasteiger partial charge is 0.246 e. The number of aryl methyl sites for hydroxylation is 2. The first-order chi connectivity index (χ1) is 11.8. The Hall–Kier alpha value is -2.30. The lowest BCUT2D eigenvalue weighted by Gasteiger charge is -2.09. The van der Waals surface area contributed by atoms with Crippen LogP contribution in [0.1, 0.15) is 11.1 Å². The van der Waals surface area contributed by atoms with Crippen LogP contribution in [0.25, 0.3) is 0 Å². The number of hydrogen-bond acceptors (Lipinski definition) is 2. The molecule has 0 saturated heterocycles.